The smallest absolute Gasteiger partial charge is 0.252 e. The van der Waals surface area contributed by atoms with Gasteiger partial charge in [0.25, 0.3) is 5.56 Å². The van der Waals surface area contributed by atoms with Crippen molar-refractivity contribution in [2.24, 2.45) is 0 Å². The van der Waals surface area contributed by atoms with Gasteiger partial charge in [-0.3, -0.25) is 14.7 Å². The lowest BCUT2D eigenvalue weighted by Crippen LogP contribution is -2.33. The second-order valence-corrected chi connectivity index (χ2v) is 7.62. The van der Waals surface area contributed by atoms with Crippen LogP contribution in [0.3, 0.4) is 0 Å². The summed E-state index contributed by atoms with van der Waals surface area (Å²) >= 11 is 0. The molecule has 0 radical (unpaired) electrons. The van der Waals surface area contributed by atoms with E-state index in [0.29, 0.717) is 5.92 Å². The molecule has 1 N–H and O–H groups in total. The van der Waals surface area contributed by atoms with Crippen LogP contribution in [0.1, 0.15) is 48.6 Å². The van der Waals surface area contributed by atoms with E-state index in [1.54, 1.807) is 12.3 Å². The molecular formula is C20H28N6O. The number of anilines is 1. The Morgan fingerprint density at radius 2 is 2.00 bits per heavy atom. The zero-order valence-electron chi connectivity index (χ0n) is 16.0. The van der Waals surface area contributed by atoms with Crippen LogP contribution < -0.4 is 10.5 Å². The molecule has 0 spiro atoms. The highest BCUT2D eigenvalue weighted by molar-refractivity contribution is 5.32. The highest BCUT2D eigenvalue weighted by Gasteiger charge is 2.24. The van der Waals surface area contributed by atoms with Gasteiger partial charge in [0, 0.05) is 49.1 Å². The minimum absolute atomic E-state index is 0.0307. The Bertz CT molecular complexity index is 856. The lowest BCUT2D eigenvalue weighted by atomic mass is 9.93. The highest BCUT2D eigenvalue weighted by atomic mass is 16.1. The second kappa shape index (κ2) is 7.68. The van der Waals surface area contributed by atoms with Crippen molar-refractivity contribution in [3.63, 3.8) is 0 Å². The van der Waals surface area contributed by atoms with Gasteiger partial charge in [-0.05, 0) is 45.7 Å². The van der Waals surface area contributed by atoms with Crippen molar-refractivity contribution < 1.29 is 0 Å². The van der Waals surface area contributed by atoms with Gasteiger partial charge in [0.1, 0.15) is 0 Å². The van der Waals surface area contributed by atoms with Gasteiger partial charge < -0.3 is 4.90 Å². The van der Waals surface area contributed by atoms with Gasteiger partial charge in [-0.2, -0.15) is 5.10 Å². The molecule has 27 heavy (non-hydrogen) atoms. The van der Waals surface area contributed by atoms with Crippen LogP contribution in [-0.4, -0.2) is 50.8 Å². The molecule has 0 unspecified atom stereocenters. The predicted molar refractivity (Wildman–Crippen MR) is 107 cm³/mol. The van der Waals surface area contributed by atoms with E-state index in [-0.39, 0.29) is 5.56 Å². The first-order valence-electron chi connectivity index (χ1n) is 9.88. The standard InChI is InChI=1S/C20H28N6O/c1-3-26-15(2)17(13-21-26)14-24-10-6-16(7-11-24)18-12-19(27)23-20(22-18)25-8-4-5-9-25/h3,12-13,16H,1,4-11,14H2,2H3,(H,22,23,27). The zero-order valence-corrected chi connectivity index (χ0v) is 16.0. The summed E-state index contributed by atoms with van der Waals surface area (Å²) in [5.41, 5.74) is 3.32. The van der Waals surface area contributed by atoms with Crippen molar-refractivity contribution in [2.75, 3.05) is 31.1 Å². The fourth-order valence-electron chi connectivity index (χ4n) is 4.18. The first-order chi connectivity index (χ1) is 13.1. The highest BCUT2D eigenvalue weighted by Crippen LogP contribution is 2.28. The number of rotatable bonds is 5. The number of likely N-dealkylation sites (tertiary alicyclic amines) is 1. The summed E-state index contributed by atoms with van der Waals surface area (Å²) in [7, 11) is 0. The summed E-state index contributed by atoms with van der Waals surface area (Å²) in [5.74, 6) is 1.12. The van der Waals surface area contributed by atoms with Gasteiger partial charge in [-0.25, -0.2) is 9.67 Å². The van der Waals surface area contributed by atoms with Crippen molar-refractivity contribution in [3.8, 4) is 0 Å². The van der Waals surface area contributed by atoms with E-state index in [0.717, 1.165) is 62.9 Å². The SMILES string of the molecule is C=Cn1ncc(CN2CCC(c3cc(=O)[nH]c(N4CCCC4)n3)CC2)c1C. The van der Waals surface area contributed by atoms with Gasteiger partial charge in [0.2, 0.25) is 5.95 Å². The summed E-state index contributed by atoms with van der Waals surface area (Å²) in [6, 6.07) is 1.69. The Balaban J connectivity index is 1.41. The van der Waals surface area contributed by atoms with Gasteiger partial charge >= 0.3 is 0 Å². The Hall–Kier alpha value is -2.41. The number of nitrogens with zero attached hydrogens (tertiary/aromatic N) is 5. The maximum atomic E-state index is 12.1. The molecule has 2 fully saturated rings. The molecule has 2 saturated heterocycles. The van der Waals surface area contributed by atoms with E-state index in [4.69, 9.17) is 4.98 Å². The van der Waals surface area contributed by atoms with Crippen LogP contribution >= 0.6 is 0 Å². The van der Waals surface area contributed by atoms with Crippen LogP contribution in [0.25, 0.3) is 6.20 Å². The lowest BCUT2D eigenvalue weighted by molar-refractivity contribution is 0.203. The van der Waals surface area contributed by atoms with E-state index in [1.165, 1.54) is 18.4 Å². The molecule has 2 aliphatic rings. The van der Waals surface area contributed by atoms with Gasteiger partial charge in [0.15, 0.2) is 0 Å². The van der Waals surface area contributed by atoms with E-state index in [1.807, 2.05) is 10.9 Å². The molecule has 0 saturated carbocycles. The summed E-state index contributed by atoms with van der Waals surface area (Å²) in [6.45, 7) is 10.8. The minimum Gasteiger partial charge on any atom is -0.342 e. The third-order valence-corrected chi connectivity index (χ3v) is 5.87. The van der Waals surface area contributed by atoms with E-state index >= 15 is 0 Å². The molecule has 0 bridgehead atoms. The molecule has 0 aliphatic carbocycles. The number of H-pyrrole nitrogens is 1. The van der Waals surface area contributed by atoms with Crippen molar-refractivity contribution in [1.82, 2.24) is 24.6 Å². The number of hydrogen-bond donors (Lipinski definition) is 1. The molecule has 144 valence electrons. The average molecular weight is 368 g/mol. The molecule has 0 atom stereocenters. The van der Waals surface area contributed by atoms with Crippen molar-refractivity contribution in [2.45, 2.75) is 45.1 Å². The Kier molecular flexibility index (Phi) is 5.11. The molecule has 4 heterocycles. The monoisotopic (exact) mass is 368 g/mol. The summed E-state index contributed by atoms with van der Waals surface area (Å²) < 4.78 is 1.82. The normalized spacial score (nSPS) is 18.9. The van der Waals surface area contributed by atoms with Crippen molar-refractivity contribution in [1.29, 1.82) is 0 Å². The fourth-order valence-corrected chi connectivity index (χ4v) is 4.18. The van der Waals surface area contributed by atoms with Crippen molar-refractivity contribution in [3.05, 3.63) is 46.1 Å². The second-order valence-electron chi connectivity index (χ2n) is 7.62. The van der Waals surface area contributed by atoms with Crippen LogP contribution in [0.15, 0.2) is 23.6 Å². The minimum atomic E-state index is -0.0307. The number of hydrogen-bond acceptors (Lipinski definition) is 5. The first-order valence-corrected chi connectivity index (χ1v) is 9.88. The fraction of sp³-hybridized carbons (Fsp3) is 0.550. The van der Waals surface area contributed by atoms with E-state index < -0.39 is 0 Å². The zero-order chi connectivity index (χ0) is 18.8. The van der Waals surface area contributed by atoms with E-state index in [9.17, 15) is 4.79 Å². The van der Waals surface area contributed by atoms with E-state index in [2.05, 4.69) is 33.4 Å². The molecule has 0 aromatic carbocycles. The molecule has 7 heteroatoms. The van der Waals surface area contributed by atoms with Gasteiger partial charge in [-0.15, -0.1) is 0 Å². The number of piperidine rings is 1. The molecule has 2 aromatic rings. The van der Waals surface area contributed by atoms with Crippen molar-refractivity contribution >= 4 is 12.1 Å². The summed E-state index contributed by atoms with van der Waals surface area (Å²) in [6.07, 6.45) is 8.09. The number of nitrogens with one attached hydrogen (secondary N) is 1. The van der Waals surface area contributed by atoms with Crippen LogP contribution in [-0.2, 0) is 6.54 Å². The van der Waals surface area contributed by atoms with Crippen LogP contribution in [0, 0.1) is 6.92 Å². The first kappa shape index (κ1) is 18.0. The number of aromatic nitrogens is 4. The molecule has 2 aromatic heterocycles. The largest absolute Gasteiger partial charge is 0.342 e. The molecule has 7 nitrogen and oxygen atoms in total. The average Bonchev–Trinajstić information content (AvgIpc) is 3.33. The Labute approximate surface area is 159 Å². The molecule has 2 aliphatic heterocycles. The Morgan fingerprint density at radius 3 is 2.67 bits per heavy atom. The predicted octanol–water partition coefficient (Wildman–Crippen LogP) is 2.36. The van der Waals surface area contributed by atoms with Crippen LogP contribution in [0.4, 0.5) is 5.95 Å². The topological polar surface area (TPSA) is 70.1 Å². The Morgan fingerprint density at radius 1 is 1.26 bits per heavy atom. The lowest BCUT2D eigenvalue weighted by Gasteiger charge is -2.31. The van der Waals surface area contributed by atoms with Crippen LogP contribution in [0.2, 0.25) is 0 Å². The third kappa shape index (κ3) is 3.83. The quantitative estimate of drug-likeness (QED) is 0.877. The third-order valence-electron chi connectivity index (χ3n) is 5.87. The number of aromatic amines is 1. The molecule has 4 rings (SSSR count). The summed E-state index contributed by atoms with van der Waals surface area (Å²) in [4.78, 5) is 24.5. The summed E-state index contributed by atoms with van der Waals surface area (Å²) in [5, 5.41) is 4.34. The van der Waals surface area contributed by atoms with Gasteiger partial charge in [-0.1, -0.05) is 6.58 Å². The molecular weight excluding hydrogens is 340 g/mol. The maximum Gasteiger partial charge on any atom is 0.252 e. The van der Waals surface area contributed by atoms with Gasteiger partial charge in [0.05, 0.1) is 11.9 Å². The van der Waals surface area contributed by atoms with Crippen LogP contribution in [0.5, 0.6) is 0 Å². The maximum absolute atomic E-state index is 12.1. The molecule has 0 amide bonds.